The summed E-state index contributed by atoms with van der Waals surface area (Å²) in [6.45, 7) is 0. The zero-order valence-electron chi connectivity index (χ0n) is 28.7. The summed E-state index contributed by atoms with van der Waals surface area (Å²) in [4.78, 5) is 70.6. The Kier molecular flexibility index (Phi) is 7.90. The number of anilines is 2. The minimum atomic E-state index is -1.60. The number of nitro benzene ring substituents is 1. The maximum atomic E-state index is 15.3. The fourth-order valence-electron chi connectivity index (χ4n) is 9.45. The van der Waals surface area contributed by atoms with Crippen LogP contribution in [0, 0.1) is 45.5 Å². The summed E-state index contributed by atoms with van der Waals surface area (Å²) in [6.07, 6.45) is 3.88. The molecule has 55 heavy (non-hydrogen) atoms. The molecule has 1 saturated carbocycles. The van der Waals surface area contributed by atoms with Crippen LogP contribution in [0.2, 0.25) is 5.02 Å². The molecule has 276 valence electrons. The molecule has 5 aliphatic rings. The highest BCUT2D eigenvalue weighted by Gasteiger charge is 2.70. The predicted molar refractivity (Wildman–Crippen MR) is 196 cm³/mol. The molecule has 0 radical (unpaired) electrons. The number of hydrogen-bond donors (Lipinski definition) is 2. The van der Waals surface area contributed by atoms with Gasteiger partial charge in [-0.2, -0.15) is 5.01 Å². The van der Waals surface area contributed by atoms with Crippen molar-refractivity contribution in [3.8, 4) is 11.5 Å². The van der Waals surface area contributed by atoms with Crippen LogP contribution in [-0.4, -0.2) is 38.7 Å². The van der Waals surface area contributed by atoms with Gasteiger partial charge in [0, 0.05) is 35.1 Å². The number of non-ortho nitro benzene ring substituents is 1. The van der Waals surface area contributed by atoms with E-state index < -0.39 is 69.4 Å². The maximum Gasteiger partial charge on any atom is 0.269 e. The van der Waals surface area contributed by atoms with Gasteiger partial charge in [0.15, 0.2) is 0 Å². The molecule has 12 nitrogen and oxygen atoms in total. The molecule has 3 heterocycles. The van der Waals surface area contributed by atoms with Crippen LogP contribution in [0.5, 0.6) is 11.5 Å². The molecule has 9 rings (SSSR count). The van der Waals surface area contributed by atoms with E-state index in [-0.39, 0.29) is 36.4 Å². The van der Waals surface area contributed by atoms with E-state index in [2.05, 4.69) is 5.43 Å². The molecule has 2 saturated heterocycles. The van der Waals surface area contributed by atoms with Gasteiger partial charge in [0.25, 0.3) is 17.5 Å². The van der Waals surface area contributed by atoms with Gasteiger partial charge in [-0.1, -0.05) is 35.4 Å². The third-order valence-corrected chi connectivity index (χ3v) is 12.0. The van der Waals surface area contributed by atoms with Gasteiger partial charge in [0.05, 0.1) is 45.7 Å². The van der Waals surface area contributed by atoms with Gasteiger partial charge in [-0.3, -0.25) is 39.6 Å². The van der Waals surface area contributed by atoms with Crippen LogP contribution in [0.3, 0.4) is 0 Å². The van der Waals surface area contributed by atoms with Gasteiger partial charge in [0.1, 0.15) is 17.3 Å². The van der Waals surface area contributed by atoms with Crippen molar-refractivity contribution in [1.82, 2.24) is 5.01 Å². The van der Waals surface area contributed by atoms with Crippen LogP contribution in [0.1, 0.15) is 24.0 Å². The maximum absolute atomic E-state index is 15.3. The number of aromatic hydroxyl groups is 1. The first kappa shape index (κ1) is 34.4. The molecule has 3 aliphatic heterocycles. The summed E-state index contributed by atoms with van der Waals surface area (Å²) in [5, 5.41) is 23.1. The minimum absolute atomic E-state index is 0.0123. The summed E-state index contributed by atoms with van der Waals surface area (Å²) < 4.78 is 20.0. The fourth-order valence-corrected chi connectivity index (χ4v) is 9.58. The number of carbonyl (C=O) groups is 4. The highest BCUT2D eigenvalue weighted by molar-refractivity contribution is 6.30. The SMILES string of the molecule is O=C1[C@@H]2C[C@@H]3C(=CC[C@@H]4C(=O)N(c5ccc([N+](=O)[O-])cc5)C(=O)[C@@H]43)[C@H](C3=COc4ccc(O)cc4C3)[C@]2(c2ccc(Cl)cc2)C(=O)N1Nc1ccc(F)cc1. The number of amides is 4. The Hall–Kier alpha value is -6.34. The first-order valence-corrected chi connectivity index (χ1v) is 18.0. The van der Waals surface area contributed by atoms with E-state index in [0.29, 0.717) is 38.7 Å². The smallest absolute Gasteiger partial charge is 0.269 e. The number of hydrogen-bond acceptors (Lipinski definition) is 9. The molecule has 2 N–H and O–H groups in total. The Bertz CT molecular complexity index is 2400. The molecular formula is C41H30ClFN4O8. The summed E-state index contributed by atoms with van der Waals surface area (Å²) in [7, 11) is 0. The Morgan fingerprint density at radius 2 is 1.64 bits per heavy atom. The molecule has 0 bridgehead atoms. The number of nitrogens with zero attached hydrogens (tertiary/aromatic N) is 3. The topological polar surface area (TPSA) is 159 Å². The molecule has 2 aliphatic carbocycles. The number of phenolic OH excluding ortho intramolecular Hbond substituents is 1. The number of halogens is 2. The van der Waals surface area contributed by atoms with Crippen molar-refractivity contribution in [2.45, 2.75) is 24.7 Å². The van der Waals surface area contributed by atoms with Crippen LogP contribution in [0.25, 0.3) is 0 Å². The first-order valence-electron chi connectivity index (χ1n) is 17.6. The summed E-state index contributed by atoms with van der Waals surface area (Å²) in [6, 6.07) is 21.8. The lowest BCUT2D eigenvalue weighted by molar-refractivity contribution is -0.384. The van der Waals surface area contributed by atoms with Gasteiger partial charge in [0.2, 0.25) is 11.8 Å². The normalized spacial score (nSPS) is 26.7. The number of nitro groups is 1. The number of nitrogens with one attached hydrogen (secondary N) is 1. The van der Waals surface area contributed by atoms with Gasteiger partial charge in [-0.15, -0.1) is 0 Å². The summed E-state index contributed by atoms with van der Waals surface area (Å²) in [5.41, 5.74) is 4.07. The molecule has 3 fully saturated rings. The number of benzene rings is 4. The predicted octanol–water partition coefficient (Wildman–Crippen LogP) is 6.63. The van der Waals surface area contributed by atoms with Crippen molar-refractivity contribution in [3.05, 3.63) is 147 Å². The average molecular weight is 761 g/mol. The number of fused-ring (bicyclic) bond motifs is 5. The number of carbonyl (C=O) groups excluding carboxylic acids is 4. The van der Waals surface area contributed by atoms with Crippen molar-refractivity contribution in [3.63, 3.8) is 0 Å². The molecular weight excluding hydrogens is 731 g/mol. The molecule has 0 unspecified atom stereocenters. The first-order chi connectivity index (χ1) is 26.5. The van der Waals surface area contributed by atoms with Gasteiger partial charge >= 0.3 is 0 Å². The lowest BCUT2D eigenvalue weighted by Crippen LogP contribution is -2.55. The van der Waals surface area contributed by atoms with Crippen molar-refractivity contribution < 1.29 is 38.3 Å². The largest absolute Gasteiger partial charge is 0.508 e. The summed E-state index contributed by atoms with van der Waals surface area (Å²) in [5.74, 6) is -6.40. The van der Waals surface area contributed by atoms with E-state index in [0.717, 1.165) is 9.91 Å². The third-order valence-electron chi connectivity index (χ3n) is 11.7. The summed E-state index contributed by atoms with van der Waals surface area (Å²) >= 11 is 6.37. The molecule has 6 atom stereocenters. The Labute approximate surface area is 317 Å². The van der Waals surface area contributed by atoms with Crippen LogP contribution in [0.4, 0.5) is 21.5 Å². The quantitative estimate of drug-likeness (QED) is 0.0952. The van der Waals surface area contributed by atoms with Gasteiger partial charge in [-0.25, -0.2) is 4.39 Å². The highest BCUT2D eigenvalue weighted by atomic mass is 35.5. The van der Waals surface area contributed by atoms with Gasteiger partial charge < -0.3 is 9.84 Å². The molecule has 0 spiro atoms. The lowest BCUT2D eigenvalue weighted by Gasteiger charge is -2.51. The zero-order valence-corrected chi connectivity index (χ0v) is 29.5. The second kappa shape index (κ2) is 12.6. The van der Waals surface area contributed by atoms with E-state index >= 15 is 4.79 Å². The number of ether oxygens (including phenoxy) is 1. The molecule has 4 aromatic carbocycles. The van der Waals surface area contributed by atoms with E-state index in [1.165, 1.54) is 54.6 Å². The monoisotopic (exact) mass is 760 g/mol. The van der Waals surface area contributed by atoms with E-state index in [1.54, 1.807) is 42.7 Å². The number of hydrazine groups is 1. The van der Waals surface area contributed by atoms with E-state index in [4.69, 9.17) is 16.3 Å². The second-order valence-electron chi connectivity index (χ2n) is 14.4. The van der Waals surface area contributed by atoms with E-state index in [9.17, 15) is 34.0 Å². The van der Waals surface area contributed by atoms with Gasteiger partial charge in [-0.05, 0) is 96.6 Å². The van der Waals surface area contributed by atoms with Crippen LogP contribution in [0.15, 0.2) is 114 Å². The van der Waals surface area contributed by atoms with Crippen molar-refractivity contribution in [1.29, 1.82) is 0 Å². The zero-order chi connectivity index (χ0) is 38.3. The fraction of sp³-hybridized carbons (Fsp3) is 0.220. The van der Waals surface area contributed by atoms with Crippen molar-refractivity contribution >= 4 is 52.3 Å². The molecule has 4 amide bonds. The Morgan fingerprint density at radius 3 is 2.35 bits per heavy atom. The molecule has 14 heteroatoms. The lowest BCUT2D eigenvalue weighted by atomic mass is 9.48. The number of phenols is 1. The average Bonchev–Trinajstić information content (AvgIpc) is 3.56. The number of allylic oxidation sites excluding steroid dienone is 3. The minimum Gasteiger partial charge on any atom is -0.508 e. The van der Waals surface area contributed by atoms with Crippen molar-refractivity contribution in [2.24, 2.45) is 29.6 Å². The van der Waals surface area contributed by atoms with Crippen LogP contribution in [-0.2, 0) is 31.0 Å². The molecule has 0 aromatic heterocycles. The number of rotatable bonds is 6. The third kappa shape index (κ3) is 5.17. The Morgan fingerprint density at radius 1 is 0.909 bits per heavy atom. The van der Waals surface area contributed by atoms with E-state index in [1.807, 2.05) is 6.08 Å². The second-order valence-corrected chi connectivity index (χ2v) is 14.9. The van der Waals surface area contributed by atoms with Crippen molar-refractivity contribution in [2.75, 3.05) is 10.3 Å². The standard InChI is InChI=1S/C41H30ClFN4O8/c42-24-3-1-23(2-4-24)41-33(38(50)46(40(41)52)44-26-7-5-25(43)6-8-26)19-32-30(36(41)22-17-21-18-29(48)13-16-34(21)55-20-22)14-15-31-35(32)39(51)45(37(31)49)27-9-11-28(12-10-27)47(53)54/h1-14,16,18,20,31-33,35-36,44,48H,15,17,19H2/t31-,32+,33-,35-,36-,41+/m0/s1. The number of imide groups is 2. The van der Waals surface area contributed by atoms with Crippen LogP contribution >= 0.6 is 11.6 Å². The Balaban J connectivity index is 1.21. The molecule has 4 aromatic rings. The highest BCUT2D eigenvalue weighted by Crippen LogP contribution is 2.63. The van der Waals surface area contributed by atoms with Crippen LogP contribution < -0.4 is 15.1 Å².